The minimum absolute atomic E-state index is 0.0688. The molecule has 0 atom stereocenters. The van der Waals surface area contributed by atoms with Gasteiger partial charge in [0.15, 0.2) is 0 Å². The predicted molar refractivity (Wildman–Crippen MR) is 76.0 cm³/mol. The van der Waals surface area contributed by atoms with Crippen molar-refractivity contribution >= 4 is 6.03 Å². The van der Waals surface area contributed by atoms with E-state index in [9.17, 15) is 18.0 Å². The summed E-state index contributed by atoms with van der Waals surface area (Å²) in [5, 5.41) is 2.96. The van der Waals surface area contributed by atoms with Crippen molar-refractivity contribution in [1.29, 1.82) is 0 Å². The van der Waals surface area contributed by atoms with Gasteiger partial charge in [0.2, 0.25) is 5.88 Å². The second kappa shape index (κ2) is 6.25. The topological polar surface area (TPSA) is 54.5 Å². The lowest BCUT2D eigenvalue weighted by Gasteiger charge is -2.39. The third-order valence-corrected chi connectivity index (χ3v) is 4.17. The van der Waals surface area contributed by atoms with Crippen molar-refractivity contribution in [2.45, 2.75) is 44.0 Å². The van der Waals surface area contributed by atoms with Crippen LogP contribution in [0.5, 0.6) is 5.88 Å². The average molecular weight is 329 g/mol. The van der Waals surface area contributed by atoms with E-state index in [0.717, 1.165) is 44.0 Å². The first-order chi connectivity index (χ1) is 10.9. The molecule has 23 heavy (non-hydrogen) atoms. The summed E-state index contributed by atoms with van der Waals surface area (Å²) in [5.74, 6) is -0.0688. The molecular formula is C15H18F3N3O2. The Hall–Kier alpha value is -1.99. The van der Waals surface area contributed by atoms with E-state index >= 15 is 0 Å². The van der Waals surface area contributed by atoms with Crippen LogP contribution in [0.2, 0.25) is 0 Å². The number of pyridine rings is 1. The first-order valence-corrected chi connectivity index (χ1v) is 7.67. The molecule has 2 amide bonds. The molecule has 0 unspecified atom stereocenters. The number of carbonyl (C=O) groups is 1. The van der Waals surface area contributed by atoms with E-state index in [-0.39, 0.29) is 24.1 Å². The van der Waals surface area contributed by atoms with Gasteiger partial charge in [0.1, 0.15) is 6.10 Å². The molecule has 1 aromatic rings. The van der Waals surface area contributed by atoms with Gasteiger partial charge in [-0.2, -0.15) is 13.2 Å². The maximum atomic E-state index is 12.6. The van der Waals surface area contributed by atoms with E-state index in [1.165, 1.54) is 0 Å². The Balaban J connectivity index is 1.47. The number of likely N-dealkylation sites (tertiary alicyclic amines) is 1. The molecule has 2 heterocycles. The summed E-state index contributed by atoms with van der Waals surface area (Å²) in [6.45, 7) is 0.715. The Morgan fingerprint density at radius 1 is 1.30 bits per heavy atom. The number of aromatic nitrogens is 1. The Morgan fingerprint density at radius 3 is 2.65 bits per heavy atom. The molecule has 0 spiro atoms. The summed E-state index contributed by atoms with van der Waals surface area (Å²) in [6, 6.07) is 1.89. The molecule has 2 fully saturated rings. The molecular weight excluding hydrogens is 311 g/mol. The number of rotatable bonds is 3. The van der Waals surface area contributed by atoms with Gasteiger partial charge in [-0.15, -0.1) is 0 Å². The normalized spacial score (nSPS) is 19.5. The number of nitrogens with zero attached hydrogens (tertiary/aromatic N) is 2. The summed E-state index contributed by atoms with van der Waals surface area (Å²) in [5.41, 5.74) is -0.794. The van der Waals surface area contributed by atoms with Crippen molar-refractivity contribution in [3.63, 3.8) is 0 Å². The number of ether oxygens (including phenoxy) is 1. The van der Waals surface area contributed by atoms with Crippen LogP contribution in [-0.4, -0.2) is 41.2 Å². The highest BCUT2D eigenvalue weighted by atomic mass is 19.4. The first-order valence-electron chi connectivity index (χ1n) is 7.67. The van der Waals surface area contributed by atoms with E-state index in [0.29, 0.717) is 13.1 Å². The second-order valence-corrected chi connectivity index (χ2v) is 5.96. The van der Waals surface area contributed by atoms with Crippen molar-refractivity contribution < 1.29 is 22.7 Å². The van der Waals surface area contributed by atoms with Crippen molar-refractivity contribution in [1.82, 2.24) is 15.2 Å². The summed E-state index contributed by atoms with van der Waals surface area (Å²) in [4.78, 5) is 17.3. The van der Waals surface area contributed by atoms with E-state index in [1.54, 1.807) is 4.90 Å². The van der Waals surface area contributed by atoms with Crippen LogP contribution >= 0.6 is 0 Å². The van der Waals surface area contributed by atoms with Crippen molar-refractivity contribution in [2.75, 3.05) is 13.1 Å². The molecule has 3 rings (SSSR count). The Labute approximate surface area is 131 Å². The lowest BCUT2D eigenvalue weighted by Crippen LogP contribution is -2.59. The molecule has 2 aliphatic rings. The van der Waals surface area contributed by atoms with Gasteiger partial charge in [-0.25, -0.2) is 9.78 Å². The Kier molecular flexibility index (Phi) is 4.32. The van der Waals surface area contributed by atoms with Gasteiger partial charge in [0.25, 0.3) is 0 Å². The number of amides is 2. The van der Waals surface area contributed by atoms with Gasteiger partial charge in [0.05, 0.1) is 18.7 Å². The molecule has 1 saturated carbocycles. The highest BCUT2D eigenvalue weighted by Crippen LogP contribution is 2.31. The number of alkyl halides is 3. The van der Waals surface area contributed by atoms with E-state index in [4.69, 9.17) is 4.74 Å². The molecule has 1 aliphatic heterocycles. The predicted octanol–water partition coefficient (Wildman–Crippen LogP) is 2.82. The van der Waals surface area contributed by atoms with Crippen LogP contribution < -0.4 is 10.1 Å². The van der Waals surface area contributed by atoms with Crippen LogP contribution in [0.25, 0.3) is 0 Å². The van der Waals surface area contributed by atoms with Crippen molar-refractivity contribution in [2.24, 2.45) is 0 Å². The summed E-state index contributed by atoms with van der Waals surface area (Å²) in [7, 11) is 0. The zero-order chi connectivity index (χ0) is 16.4. The van der Waals surface area contributed by atoms with Crippen LogP contribution in [0.15, 0.2) is 18.3 Å². The molecule has 1 aromatic heterocycles. The summed E-state index contributed by atoms with van der Waals surface area (Å²) >= 11 is 0. The number of urea groups is 1. The van der Waals surface area contributed by atoms with E-state index in [2.05, 4.69) is 10.3 Å². The fraction of sp³-hybridized carbons (Fsp3) is 0.600. The number of hydrogen-bond donors (Lipinski definition) is 1. The monoisotopic (exact) mass is 329 g/mol. The van der Waals surface area contributed by atoms with Crippen molar-refractivity contribution in [3.05, 3.63) is 23.9 Å². The number of hydrogen-bond acceptors (Lipinski definition) is 3. The molecule has 1 N–H and O–H groups in total. The third-order valence-electron chi connectivity index (χ3n) is 4.17. The Bertz CT molecular complexity index is 567. The van der Waals surface area contributed by atoms with Crippen LogP contribution in [0.1, 0.15) is 31.2 Å². The zero-order valence-electron chi connectivity index (χ0n) is 12.5. The molecule has 1 aliphatic carbocycles. The van der Waals surface area contributed by atoms with E-state index < -0.39 is 11.7 Å². The lowest BCUT2D eigenvalue weighted by molar-refractivity contribution is -0.137. The summed E-state index contributed by atoms with van der Waals surface area (Å²) < 4.78 is 43.3. The quantitative estimate of drug-likeness (QED) is 0.928. The van der Waals surface area contributed by atoms with Crippen LogP contribution in [0.3, 0.4) is 0 Å². The minimum atomic E-state index is -4.42. The first kappa shape index (κ1) is 15.9. The van der Waals surface area contributed by atoms with Gasteiger partial charge >= 0.3 is 12.2 Å². The van der Waals surface area contributed by atoms with Gasteiger partial charge in [-0.1, -0.05) is 12.8 Å². The standard InChI is InChI=1S/C15H18F3N3O2/c16-15(17,18)10-5-6-19-13(7-10)23-12-8-21(9-12)14(22)20-11-3-1-2-4-11/h5-7,11-12H,1-4,8-9H2,(H,20,22). The number of nitrogens with one attached hydrogen (secondary N) is 1. The zero-order valence-corrected chi connectivity index (χ0v) is 12.5. The fourth-order valence-electron chi connectivity index (χ4n) is 2.84. The Morgan fingerprint density at radius 2 is 2.00 bits per heavy atom. The van der Waals surface area contributed by atoms with Crippen LogP contribution in [0, 0.1) is 0 Å². The maximum absolute atomic E-state index is 12.6. The summed E-state index contributed by atoms with van der Waals surface area (Å²) in [6.07, 6.45) is 0.618. The minimum Gasteiger partial charge on any atom is -0.471 e. The molecule has 0 radical (unpaired) electrons. The smallest absolute Gasteiger partial charge is 0.416 e. The highest BCUT2D eigenvalue weighted by molar-refractivity contribution is 5.75. The van der Waals surface area contributed by atoms with Crippen molar-refractivity contribution in [3.8, 4) is 5.88 Å². The van der Waals surface area contributed by atoms with Gasteiger partial charge in [-0.05, 0) is 18.9 Å². The average Bonchev–Trinajstić information content (AvgIpc) is 2.94. The molecule has 1 saturated heterocycles. The fourth-order valence-corrected chi connectivity index (χ4v) is 2.84. The molecule has 8 heteroatoms. The maximum Gasteiger partial charge on any atom is 0.416 e. The highest BCUT2D eigenvalue weighted by Gasteiger charge is 2.35. The third kappa shape index (κ3) is 3.86. The molecule has 5 nitrogen and oxygen atoms in total. The van der Waals surface area contributed by atoms with Gasteiger partial charge in [0, 0.05) is 18.3 Å². The second-order valence-electron chi connectivity index (χ2n) is 5.96. The molecule has 126 valence electrons. The van der Waals surface area contributed by atoms with E-state index in [1.807, 2.05) is 0 Å². The van der Waals surface area contributed by atoms with Crippen LogP contribution in [-0.2, 0) is 6.18 Å². The largest absolute Gasteiger partial charge is 0.471 e. The van der Waals surface area contributed by atoms with Gasteiger partial charge in [-0.3, -0.25) is 0 Å². The lowest BCUT2D eigenvalue weighted by atomic mass is 10.2. The van der Waals surface area contributed by atoms with Crippen LogP contribution in [0.4, 0.5) is 18.0 Å². The molecule has 0 bridgehead atoms. The number of carbonyl (C=O) groups excluding carboxylic acids is 1. The number of halogens is 3. The SMILES string of the molecule is O=C(NC1CCCC1)N1CC(Oc2cc(C(F)(F)F)ccn2)C1. The molecule has 0 aromatic carbocycles. The van der Waals surface area contributed by atoms with Gasteiger partial charge < -0.3 is 15.0 Å².